The van der Waals surface area contributed by atoms with Gasteiger partial charge in [0.2, 0.25) is 0 Å². The van der Waals surface area contributed by atoms with Crippen molar-refractivity contribution in [3.8, 4) is 0 Å². The Morgan fingerprint density at radius 3 is 2.38 bits per heavy atom. The Morgan fingerprint density at radius 2 is 1.66 bits per heavy atom. The second-order valence-corrected chi connectivity index (χ2v) is 12.9. The molecule has 0 aromatic heterocycles. The third kappa shape index (κ3) is 3.56. The molecule has 0 aromatic carbocycles. The molecule has 0 bridgehead atoms. The fraction of sp³-hybridized carbons (Fsp3) is 0.929. The van der Waals surface area contributed by atoms with E-state index in [1.165, 1.54) is 57.8 Å². The van der Waals surface area contributed by atoms with Crippen LogP contribution >= 0.6 is 0 Å². The number of allylic oxidation sites excluding steroid dienone is 2. The quantitative estimate of drug-likeness (QED) is 0.470. The molecule has 29 heavy (non-hydrogen) atoms. The Labute approximate surface area is 181 Å². The zero-order valence-electron chi connectivity index (χ0n) is 20.2. The molecular weight excluding hydrogens is 352 g/mol. The van der Waals surface area contributed by atoms with Gasteiger partial charge < -0.3 is 5.11 Å². The average molecular weight is 401 g/mol. The molecule has 4 aliphatic rings. The van der Waals surface area contributed by atoms with E-state index < -0.39 is 5.60 Å². The van der Waals surface area contributed by atoms with Crippen molar-refractivity contribution in [1.29, 1.82) is 0 Å². The van der Waals surface area contributed by atoms with Gasteiger partial charge in [-0.25, -0.2) is 0 Å². The van der Waals surface area contributed by atoms with Crippen LogP contribution in [0.2, 0.25) is 0 Å². The first-order valence-electron chi connectivity index (χ1n) is 13.0. The van der Waals surface area contributed by atoms with Gasteiger partial charge >= 0.3 is 0 Å². The predicted molar refractivity (Wildman–Crippen MR) is 124 cm³/mol. The summed E-state index contributed by atoms with van der Waals surface area (Å²) in [6.45, 7) is 14.7. The number of fused-ring (bicyclic) bond motifs is 5. The van der Waals surface area contributed by atoms with Crippen molar-refractivity contribution in [2.24, 2.45) is 52.3 Å². The van der Waals surface area contributed by atoms with Crippen LogP contribution in [0.1, 0.15) is 106 Å². The highest BCUT2D eigenvalue weighted by Gasteiger charge is 2.64. The van der Waals surface area contributed by atoms with E-state index in [2.05, 4.69) is 53.7 Å². The lowest BCUT2D eigenvalue weighted by Crippen LogP contribution is -2.61. The van der Waals surface area contributed by atoms with Gasteiger partial charge in [-0.1, -0.05) is 66.0 Å². The Kier molecular flexibility index (Phi) is 5.81. The monoisotopic (exact) mass is 400 g/mol. The summed E-state index contributed by atoms with van der Waals surface area (Å²) >= 11 is 0. The van der Waals surface area contributed by atoms with Crippen molar-refractivity contribution >= 4 is 0 Å². The van der Waals surface area contributed by atoms with Gasteiger partial charge in [0.1, 0.15) is 0 Å². The van der Waals surface area contributed by atoms with Gasteiger partial charge in [0.25, 0.3) is 0 Å². The molecule has 166 valence electrons. The van der Waals surface area contributed by atoms with E-state index in [-0.39, 0.29) is 0 Å². The summed E-state index contributed by atoms with van der Waals surface area (Å²) in [4.78, 5) is 0. The minimum atomic E-state index is -0.470. The maximum Gasteiger partial charge on any atom is 0.0656 e. The fourth-order valence-electron chi connectivity index (χ4n) is 9.21. The Bertz CT molecular complexity index is 618. The molecule has 1 N–H and O–H groups in total. The zero-order valence-corrected chi connectivity index (χ0v) is 20.2. The molecule has 0 amide bonds. The van der Waals surface area contributed by atoms with Crippen molar-refractivity contribution in [1.82, 2.24) is 0 Å². The molecule has 0 unspecified atom stereocenters. The molecule has 3 fully saturated rings. The molecule has 0 heterocycles. The Balaban J connectivity index is 1.56. The molecule has 0 spiro atoms. The summed E-state index contributed by atoms with van der Waals surface area (Å²) in [7, 11) is 0. The highest BCUT2D eigenvalue weighted by Crippen LogP contribution is 2.69. The summed E-state index contributed by atoms with van der Waals surface area (Å²) in [6.07, 6.45) is 18.0. The first-order chi connectivity index (χ1) is 13.6. The fourth-order valence-corrected chi connectivity index (χ4v) is 9.21. The molecule has 3 saturated carbocycles. The minimum absolute atomic E-state index is 0.421. The van der Waals surface area contributed by atoms with E-state index in [1.807, 2.05) is 0 Å². The number of hydrogen-bond acceptors (Lipinski definition) is 1. The van der Waals surface area contributed by atoms with Crippen LogP contribution in [-0.4, -0.2) is 10.7 Å². The minimum Gasteiger partial charge on any atom is -0.390 e. The Hall–Kier alpha value is -0.300. The van der Waals surface area contributed by atoms with E-state index in [1.54, 1.807) is 0 Å². The van der Waals surface area contributed by atoms with Gasteiger partial charge in [-0.15, -0.1) is 0 Å². The summed E-state index contributed by atoms with van der Waals surface area (Å²) in [6, 6.07) is 0. The molecule has 4 rings (SSSR count). The second kappa shape index (κ2) is 7.68. The number of hydrogen-bond donors (Lipinski definition) is 1. The summed E-state index contributed by atoms with van der Waals surface area (Å²) < 4.78 is 0. The molecule has 0 aliphatic heterocycles. The van der Waals surface area contributed by atoms with Crippen LogP contribution in [-0.2, 0) is 0 Å². The smallest absolute Gasteiger partial charge is 0.0656 e. The molecule has 1 nitrogen and oxygen atoms in total. The van der Waals surface area contributed by atoms with Crippen molar-refractivity contribution in [2.45, 2.75) is 111 Å². The van der Waals surface area contributed by atoms with E-state index >= 15 is 0 Å². The highest BCUT2D eigenvalue weighted by atomic mass is 16.3. The summed E-state index contributed by atoms with van der Waals surface area (Å²) in [5.74, 6) is 5.19. The normalized spacial score (nSPS) is 50.1. The molecule has 9 atom stereocenters. The average Bonchev–Trinajstić information content (AvgIpc) is 2.98. The summed E-state index contributed by atoms with van der Waals surface area (Å²) in [5, 5.41) is 11.8. The van der Waals surface area contributed by atoms with Crippen molar-refractivity contribution in [3.63, 3.8) is 0 Å². The number of aliphatic hydroxyl groups is 1. The van der Waals surface area contributed by atoms with Crippen LogP contribution < -0.4 is 0 Å². The van der Waals surface area contributed by atoms with E-state index in [9.17, 15) is 5.11 Å². The lowest BCUT2D eigenvalue weighted by atomic mass is 9.42. The first-order valence-corrected chi connectivity index (χ1v) is 13.0. The van der Waals surface area contributed by atoms with Crippen LogP contribution in [0.15, 0.2) is 12.2 Å². The van der Waals surface area contributed by atoms with Crippen LogP contribution in [0.25, 0.3) is 0 Å². The SMILES string of the molecule is CC(C)CCC[C@@H](C)[C@H]1CC[C@H]2[C@H]3[C@H](CC[C@]12C)[C@@]1(C)CC=CC[C@@H]1C[C@@]3(C)O. The maximum absolute atomic E-state index is 11.8. The lowest BCUT2D eigenvalue weighted by molar-refractivity contribution is -0.198. The molecular formula is C28H48O. The zero-order chi connectivity index (χ0) is 21.0. The van der Waals surface area contributed by atoms with E-state index in [0.29, 0.717) is 28.6 Å². The second-order valence-electron chi connectivity index (χ2n) is 12.9. The maximum atomic E-state index is 11.8. The van der Waals surface area contributed by atoms with Crippen molar-refractivity contribution < 1.29 is 5.11 Å². The van der Waals surface area contributed by atoms with E-state index in [4.69, 9.17) is 0 Å². The molecule has 1 heteroatoms. The first kappa shape index (κ1) is 21.9. The van der Waals surface area contributed by atoms with Gasteiger partial charge in [-0.05, 0) is 104 Å². The number of rotatable bonds is 5. The van der Waals surface area contributed by atoms with Gasteiger partial charge in [0.05, 0.1) is 5.60 Å². The highest BCUT2D eigenvalue weighted by molar-refractivity contribution is 5.16. The van der Waals surface area contributed by atoms with Gasteiger partial charge in [-0.2, -0.15) is 0 Å². The third-order valence-corrected chi connectivity index (χ3v) is 10.8. The molecule has 0 radical (unpaired) electrons. The predicted octanol–water partition coefficient (Wildman–Crippen LogP) is 7.63. The third-order valence-electron chi connectivity index (χ3n) is 10.8. The van der Waals surface area contributed by atoms with Crippen LogP contribution in [0.5, 0.6) is 0 Å². The molecule has 0 saturated heterocycles. The van der Waals surface area contributed by atoms with Crippen LogP contribution in [0.3, 0.4) is 0 Å². The van der Waals surface area contributed by atoms with Crippen LogP contribution in [0, 0.1) is 52.3 Å². The lowest BCUT2D eigenvalue weighted by Gasteiger charge is -2.64. The van der Waals surface area contributed by atoms with Crippen molar-refractivity contribution in [2.75, 3.05) is 0 Å². The standard InChI is InChI=1S/C28H48O/c1-19(2)10-9-11-20(3)22-13-14-23-25-24(15-17-27(22,23)5)26(4)16-8-7-12-21(26)18-28(25,6)29/h7-8,19-25,29H,9-18H2,1-6H3/t20-,21-,22-,23+,24+,25+,26+,27-,28-/m1/s1. The summed E-state index contributed by atoms with van der Waals surface area (Å²) in [5.41, 5.74) is 0.405. The van der Waals surface area contributed by atoms with E-state index in [0.717, 1.165) is 30.1 Å². The molecule has 0 aromatic rings. The molecule has 4 aliphatic carbocycles. The Morgan fingerprint density at radius 1 is 0.931 bits per heavy atom. The largest absolute Gasteiger partial charge is 0.390 e. The van der Waals surface area contributed by atoms with Crippen LogP contribution in [0.4, 0.5) is 0 Å². The van der Waals surface area contributed by atoms with Gasteiger partial charge in [0, 0.05) is 0 Å². The van der Waals surface area contributed by atoms with Gasteiger partial charge in [-0.3, -0.25) is 0 Å². The van der Waals surface area contributed by atoms with Crippen molar-refractivity contribution in [3.05, 3.63) is 12.2 Å². The van der Waals surface area contributed by atoms with Gasteiger partial charge in [0.15, 0.2) is 0 Å². The topological polar surface area (TPSA) is 20.2 Å².